The predicted molar refractivity (Wildman–Crippen MR) is 120 cm³/mol. The number of carbonyl (C=O) groups excluding carboxylic acids is 2. The summed E-state index contributed by atoms with van der Waals surface area (Å²) in [7, 11) is 0. The van der Waals surface area contributed by atoms with E-state index in [1.54, 1.807) is 45.3 Å². The first-order chi connectivity index (χ1) is 15.3. The molecule has 0 radical (unpaired) electrons. The molecule has 3 heterocycles. The van der Waals surface area contributed by atoms with Gasteiger partial charge in [0.2, 0.25) is 11.8 Å². The number of benzene rings is 1. The molecule has 1 aliphatic rings. The zero-order valence-electron chi connectivity index (χ0n) is 18.1. The normalized spacial score (nSPS) is 16.4. The van der Waals surface area contributed by atoms with E-state index in [1.807, 2.05) is 24.3 Å². The highest BCUT2D eigenvalue weighted by Crippen LogP contribution is 2.35. The van der Waals surface area contributed by atoms with Gasteiger partial charge in [-0.2, -0.15) is 0 Å². The summed E-state index contributed by atoms with van der Waals surface area (Å²) in [5.74, 6) is -0.275. The molecule has 2 aromatic heterocycles. The quantitative estimate of drug-likeness (QED) is 0.537. The fourth-order valence-electron chi connectivity index (χ4n) is 3.45. The molecule has 9 heteroatoms. The minimum atomic E-state index is -0.632. The van der Waals surface area contributed by atoms with Gasteiger partial charge in [-0.25, -0.2) is 0 Å². The molecule has 4 rings (SSSR count). The molecule has 0 aliphatic carbocycles. The number of pyridine rings is 1. The van der Waals surface area contributed by atoms with Crippen molar-refractivity contribution in [3.05, 3.63) is 54.4 Å². The van der Waals surface area contributed by atoms with E-state index in [0.29, 0.717) is 24.0 Å². The monoisotopic (exact) mass is 452 g/mol. The Bertz CT molecular complexity index is 1110. The van der Waals surface area contributed by atoms with Gasteiger partial charge in [-0.15, -0.1) is 10.2 Å². The first-order valence-corrected chi connectivity index (χ1v) is 11.2. The van der Waals surface area contributed by atoms with E-state index in [9.17, 15) is 9.59 Å². The highest BCUT2D eigenvalue weighted by atomic mass is 32.2. The number of hydrogen-bond acceptors (Lipinski definition) is 8. The van der Waals surface area contributed by atoms with Crippen molar-refractivity contribution in [2.45, 2.75) is 49.7 Å². The highest BCUT2D eigenvalue weighted by molar-refractivity contribution is 8.00. The van der Waals surface area contributed by atoms with Gasteiger partial charge in [0, 0.05) is 23.6 Å². The SMILES string of the molecule is CC(C)(C)OC(=O)CN1C(=O)[C@H](Sc2nnc(-c3ccncc3)o2)CCc2ccccc21. The van der Waals surface area contributed by atoms with Crippen LogP contribution >= 0.6 is 11.8 Å². The third-order valence-electron chi connectivity index (χ3n) is 4.78. The third-order valence-corrected chi connectivity index (χ3v) is 5.87. The van der Waals surface area contributed by atoms with Crippen LogP contribution in [0.5, 0.6) is 0 Å². The van der Waals surface area contributed by atoms with Gasteiger partial charge in [0.25, 0.3) is 5.22 Å². The van der Waals surface area contributed by atoms with Crippen LogP contribution in [0.3, 0.4) is 0 Å². The Kier molecular flexibility index (Phi) is 6.27. The second kappa shape index (κ2) is 9.12. The van der Waals surface area contributed by atoms with Crippen LogP contribution in [0.2, 0.25) is 0 Å². The lowest BCUT2D eigenvalue weighted by molar-refractivity contribution is -0.153. The van der Waals surface area contributed by atoms with Crippen molar-refractivity contribution in [3.8, 4) is 11.5 Å². The van der Waals surface area contributed by atoms with E-state index in [0.717, 1.165) is 16.8 Å². The number of amides is 1. The Hall–Kier alpha value is -3.20. The van der Waals surface area contributed by atoms with Gasteiger partial charge in [-0.05, 0) is 57.4 Å². The van der Waals surface area contributed by atoms with Gasteiger partial charge >= 0.3 is 5.97 Å². The van der Waals surface area contributed by atoms with Crippen molar-refractivity contribution in [3.63, 3.8) is 0 Å². The van der Waals surface area contributed by atoms with Crippen LogP contribution in [0.4, 0.5) is 5.69 Å². The van der Waals surface area contributed by atoms with Crippen LogP contribution in [0.1, 0.15) is 32.8 Å². The number of fused-ring (bicyclic) bond motifs is 1. The second-order valence-corrected chi connectivity index (χ2v) is 9.55. The van der Waals surface area contributed by atoms with Gasteiger partial charge in [-0.1, -0.05) is 30.0 Å². The minimum Gasteiger partial charge on any atom is -0.459 e. The second-order valence-electron chi connectivity index (χ2n) is 8.39. The molecule has 0 saturated heterocycles. The number of aryl methyl sites for hydroxylation is 1. The molecule has 0 fully saturated rings. The number of esters is 1. The number of ether oxygens (including phenoxy) is 1. The average Bonchev–Trinajstić information content (AvgIpc) is 3.18. The topological polar surface area (TPSA) is 98.4 Å². The summed E-state index contributed by atoms with van der Waals surface area (Å²) < 4.78 is 11.2. The number of aromatic nitrogens is 3. The van der Waals surface area contributed by atoms with Crippen LogP contribution in [0.25, 0.3) is 11.5 Å². The molecule has 0 N–H and O–H groups in total. The van der Waals surface area contributed by atoms with Crippen LogP contribution < -0.4 is 4.90 Å². The van der Waals surface area contributed by atoms with E-state index in [1.165, 1.54) is 16.7 Å². The molecule has 3 aromatic rings. The van der Waals surface area contributed by atoms with Gasteiger partial charge in [-0.3, -0.25) is 19.5 Å². The molecule has 32 heavy (non-hydrogen) atoms. The zero-order valence-corrected chi connectivity index (χ0v) is 19.0. The molecule has 0 spiro atoms. The molecule has 1 atom stereocenters. The third kappa shape index (κ3) is 5.16. The summed E-state index contributed by atoms with van der Waals surface area (Å²) in [6.07, 6.45) is 4.56. The average molecular weight is 453 g/mol. The van der Waals surface area contributed by atoms with Crippen LogP contribution in [-0.2, 0) is 20.7 Å². The van der Waals surface area contributed by atoms with Crippen molar-refractivity contribution in [1.29, 1.82) is 0 Å². The highest BCUT2D eigenvalue weighted by Gasteiger charge is 2.34. The molecule has 1 aromatic carbocycles. The summed E-state index contributed by atoms with van der Waals surface area (Å²) in [6.45, 7) is 5.25. The minimum absolute atomic E-state index is 0.156. The maximum absolute atomic E-state index is 13.5. The molecule has 0 unspecified atom stereocenters. The summed E-state index contributed by atoms with van der Waals surface area (Å²) in [5, 5.41) is 8.01. The molecular weight excluding hydrogens is 428 g/mol. The van der Waals surface area contributed by atoms with Crippen molar-refractivity contribution < 1.29 is 18.7 Å². The fraction of sp³-hybridized carbons (Fsp3) is 0.348. The Labute approximate surface area is 190 Å². The van der Waals surface area contributed by atoms with Crippen molar-refractivity contribution in [2.24, 2.45) is 0 Å². The zero-order chi connectivity index (χ0) is 22.7. The maximum Gasteiger partial charge on any atom is 0.326 e. The standard InChI is InChI=1S/C23H24N4O4S/c1-23(2,3)31-19(28)14-27-17-7-5-4-6-15(17)8-9-18(21(27)29)32-22-26-25-20(30-22)16-10-12-24-13-11-16/h4-7,10-13,18H,8-9,14H2,1-3H3/t18-/m1/s1. The van der Waals surface area contributed by atoms with Crippen LogP contribution in [0, 0.1) is 0 Å². The van der Waals surface area contributed by atoms with Crippen LogP contribution in [-0.4, -0.2) is 44.5 Å². The molecular formula is C23H24N4O4S. The molecule has 1 amide bonds. The smallest absolute Gasteiger partial charge is 0.326 e. The summed E-state index contributed by atoms with van der Waals surface area (Å²) in [6, 6.07) is 11.2. The first kappa shape index (κ1) is 22.0. The van der Waals surface area contributed by atoms with Gasteiger partial charge in [0.05, 0.1) is 5.25 Å². The lowest BCUT2D eigenvalue weighted by Crippen LogP contribution is -2.42. The number of thioether (sulfide) groups is 1. The number of hydrogen-bond donors (Lipinski definition) is 0. The Morgan fingerprint density at radius 3 is 2.69 bits per heavy atom. The Morgan fingerprint density at radius 2 is 1.94 bits per heavy atom. The summed E-state index contributed by atoms with van der Waals surface area (Å²) >= 11 is 1.22. The van der Waals surface area contributed by atoms with E-state index in [4.69, 9.17) is 9.15 Å². The number of nitrogens with zero attached hydrogens (tertiary/aromatic N) is 4. The molecule has 8 nitrogen and oxygen atoms in total. The van der Waals surface area contributed by atoms with Crippen molar-refractivity contribution >= 4 is 29.3 Å². The van der Waals surface area contributed by atoms with Gasteiger partial charge in [0.15, 0.2) is 0 Å². The summed E-state index contributed by atoms with van der Waals surface area (Å²) in [4.78, 5) is 31.5. The lowest BCUT2D eigenvalue weighted by atomic mass is 10.1. The van der Waals surface area contributed by atoms with Crippen molar-refractivity contribution in [1.82, 2.24) is 15.2 Å². The van der Waals surface area contributed by atoms with E-state index >= 15 is 0 Å². The van der Waals surface area contributed by atoms with E-state index < -0.39 is 16.8 Å². The van der Waals surface area contributed by atoms with Gasteiger partial charge < -0.3 is 9.15 Å². The van der Waals surface area contributed by atoms with E-state index in [2.05, 4.69) is 15.2 Å². The van der Waals surface area contributed by atoms with E-state index in [-0.39, 0.29) is 12.5 Å². The number of anilines is 1. The fourth-order valence-corrected chi connectivity index (χ4v) is 4.38. The number of carbonyl (C=O) groups is 2. The largest absolute Gasteiger partial charge is 0.459 e. The van der Waals surface area contributed by atoms with Crippen molar-refractivity contribution in [2.75, 3.05) is 11.4 Å². The predicted octanol–water partition coefficient (Wildman–Crippen LogP) is 3.91. The Balaban J connectivity index is 1.56. The molecule has 0 bridgehead atoms. The maximum atomic E-state index is 13.5. The summed E-state index contributed by atoms with van der Waals surface area (Å²) in [5.41, 5.74) is 1.86. The van der Waals surface area contributed by atoms with Gasteiger partial charge in [0.1, 0.15) is 12.1 Å². The number of para-hydroxylation sites is 1. The molecule has 1 aliphatic heterocycles. The van der Waals surface area contributed by atoms with Crippen LogP contribution in [0.15, 0.2) is 58.4 Å². The number of rotatable bonds is 5. The first-order valence-electron chi connectivity index (χ1n) is 10.3. The Morgan fingerprint density at radius 1 is 1.19 bits per heavy atom. The molecule has 0 saturated carbocycles. The molecule has 166 valence electrons. The lowest BCUT2D eigenvalue weighted by Gasteiger charge is -2.26.